The molecule has 1 N–H and O–H groups in total. The summed E-state index contributed by atoms with van der Waals surface area (Å²) in [4.78, 5) is 22.9. The molecule has 23 heavy (non-hydrogen) atoms. The van der Waals surface area contributed by atoms with Crippen molar-refractivity contribution in [3.05, 3.63) is 22.7 Å². The zero-order chi connectivity index (χ0) is 16.6. The van der Waals surface area contributed by atoms with Crippen LogP contribution in [0.5, 0.6) is 0 Å². The van der Waals surface area contributed by atoms with Crippen molar-refractivity contribution < 1.29 is 9.53 Å². The van der Waals surface area contributed by atoms with Gasteiger partial charge in [-0.05, 0) is 39.5 Å². The summed E-state index contributed by atoms with van der Waals surface area (Å²) < 4.78 is 5.56. The first-order valence-corrected chi connectivity index (χ1v) is 8.45. The Hall–Kier alpha value is -1.40. The largest absolute Gasteiger partial charge is 0.444 e. The fourth-order valence-corrected chi connectivity index (χ4v) is 3.18. The summed E-state index contributed by atoms with van der Waals surface area (Å²) in [7, 11) is 0. The smallest absolute Gasteiger partial charge is 0.410 e. The Kier molecular flexibility index (Phi) is 4.47. The van der Waals surface area contributed by atoms with Gasteiger partial charge in [0, 0.05) is 25.2 Å². The number of aromatic nitrogens is 2. The Morgan fingerprint density at radius 1 is 1.39 bits per heavy atom. The zero-order valence-electron chi connectivity index (χ0n) is 13.8. The van der Waals surface area contributed by atoms with Crippen molar-refractivity contribution in [2.24, 2.45) is 0 Å². The molecule has 2 aliphatic rings. The third-order valence-electron chi connectivity index (χ3n) is 4.04. The molecule has 0 aromatic carbocycles. The van der Waals surface area contributed by atoms with Crippen molar-refractivity contribution in [1.82, 2.24) is 20.2 Å². The molecule has 0 spiro atoms. The highest BCUT2D eigenvalue weighted by Gasteiger charge is 2.37. The standard InChI is InChI=1S/C16H23ClN4O2/c1-16(2,3)23-15(22)21-7-6-18-8-11(21)13-12(10-4-5-10)14(17)20-9-19-13/h9-11,18H,4-8H2,1-3H3. The minimum Gasteiger partial charge on any atom is -0.444 e. The van der Waals surface area contributed by atoms with E-state index in [9.17, 15) is 4.79 Å². The molecule has 1 aliphatic heterocycles. The van der Waals surface area contributed by atoms with Crippen LogP contribution >= 0.6 is 11.6 Å². The maximum atomic E-state index is 12.6. The molecule has 1 amide bonds. The van der Waals surface area contributed by atoms with E-state index < -0.39 is 5.60 Å². The highest BCUT2D eigenvalue weighted by Crippen LogP contribution is 2.45. The molecule has 3 rings (SSSR count). The van der Waals surface area contributed by atoms with Crippen LogP contribution in [0.2, 0.25) is 5.15 Å². The van der Waals surface area contributed by atoms with Crippen molar-refractivity contribution in [1.29, 1.82) is 0 Å². The Bertz CT molecular complexity index is 598. The minimum atomic E-state index is -0.519. The van der Waals surface area contributed by atoms with Gasteiger partial charge in [0.15, 0.2) is 0 Å². The van der Waals surface area contributed by atoms with Gasteiger partial charge >= 0.3 is 6.09 Å². The number of nitrogens with one attached hydrogen (secondary N) is 1. The quantitative estimate of drug-likeness (QED) is 0.840. The first kappa shape index (κ1) is 16.5. The van der Waals surface area contributed by atoms with Gasteiger partial charge in [0.05, 0.1) is 11.7 Å². The molecule has 1 aliphatic carbocycles. The molecule has 1 saturated heterocycles. The van der Waals surface area contributed by atoms with Crippen LogP contribution in [0.15, 0.2) is 6.33 Å². The second-order valence-electron chi connectivity index (χ2n) is 7.13. The van der Waals surface area contributed by atoms with Gasteiger partial charge in [-0.15, -0.1) is 0 Å². The summed E-state index contributed by atoms with van der Waals surface area (Å²) in [5, 5.41) is 3.84. The Labute approximate surface area is 141 Å². The fraction of sp³-hybridized carbons (Fsp3) is 0.688. The number of nitrogens with zero attached hydrogens (tertiary/aromatic N) is 3. The van der Waals surface area contributed by atoms with Crippen LogP contribution in [-0.4, -0.2) is 46.2 Å². The molecule has 1 aromatic heterocycles. The predicted molar refractivity (Wildman–Crippen MR) is 87.6 cm³/mol. The maximum absolute atomic E-state index is 12.6. The van der Waals surface area contributed by atoms with Gasteiger partial charge in [0.1, 0.15) is 17.1 Å². The Morgan fingerprint density at radius 3 is 2.78 bits per heavy atom. The van der Waals surface area contributed by atoms with Crippen LogP contribution in [0.25, 0.3) is 0 Å². The van der Waals surface area contributed by atoms with Gasteiger partial charge < -0.3 is 10.1 Å². The predicted octanol–water partition coefficient (Wildman–Crippen LogP) is 2.89. The number of amides is 1. The third-order valence-corrected chi connectivity index (χ3v) is 4.34. The van der Waals surface area contributed by atoms with Crippen molar-refractivity contribution in [2.75, 3.05) is 19.6 Å². The van der Waals surface area contributed by atoms with Gasteiger partial charge in [-0.25, -0.2) is 14.8 Å². The number of halogens is 1. The molecule has 1 aromatic rings. The van der Waals surface area contributed by atoms with Crippen molar-refractivity contribution >= 4 is 17.7 Å². The molecule has 1 saturated carbocycles. The third kappa shape index (κ3) is 3.75. The van der Waals surface area contributed by atoms with Gasteiger partial charge in [-0.2, -0.15) is 0 Å². The molecule has 7 heteroatoms. The average Bonchev–Trinajstić information content (AvgIpc) is 3.29. The molecular formula is C16H23ClN4O2. The van der Waals surface area contributed by atoms with Crippen LogP contribution in [0.3, 0.4) is 0 Å². The van der Waals surface area contributed by atoms with E-state index in [1.165, 1.54) is 6.33 Å². The van der Waals surface area contributed by atoms with Gasteiger partial charge in [0.2, 0.25) is 0 Å². The van der Waals surface area contributed by atoms with E-state index in [0.29, 0.717) is 24.2 Å². The van der Waals surface area contributed by atoms with E-state index in [4.69, 9.17) is 16.3 Å². The Balaban J connectivity index is 1.90. The van der Waals surface area contributed by atoms with Crippen LogP contribution in [0.1, 0.15) is 56.8 Å². The summed E-state index contributed by atoms with van der Waals surface area (Å²) >= 11 is 6.31. The minimum absolute atomic E-state index is 0.172. The number of hydrogen-bond acceptors (Lipinski definition) is 5. The molecule has 0 radical (unpaired) electrons. The number of carbonyl (C=O) groups is 1. The molecule has 1 unspecified atom stereocenters. The van der Waals surface area contributed by atoms with E-state index in [0.717, 1.165) is 30.6 Å². The van der Waals surface area contributed by atoms with E-state index in [1.54, 1.807) is 4.90 Å². The molecular weight excluding hydrogens is 316 g/mol. The van der Waals surface area contributed by atoms with Gasteiger partial charge in [-0.1, -0.05) is 11.6 Å². The summed E-state index contributed by atoms with van der Waals surface area (Å²) in [5.74, 6) is 0.418. The first-order chi connectivity index (χ1) is 10.9. The van der Waals surface area contributed by atoms with Crippen molar-refractivity contribution in [3.8, 4) is 0 Å². The average molecular weight is 339 g/mol. The number of carbonyl (C=O) groups excluding carboxylic acids is 1. The first-order valence-electron chi connectivity index (χ1n) is 8.07. The van der Waals surface area contributed by atoms with Gasteiger partial charge in [-0.3, -0.25) is 4.90 Å². The maximum Gasteiger partial charge on any atom is 0.410 e. The highest BCUT2D eigenvalue weighted by molar-refractivity contribution is 6.30. The van der Waals surface area contributed by atoms with E-state index >= 15 is 0 Å². The summed E-state index contributed by atoms with van der Waals surface area (Å²) in [6.45, 7) is 7.60. The highest BCUT2D eigenvalue weighted by atomic mass is 35.5. The second-order valence-corrected chi connectivity index (χ2v) is 7.49. The monoisotopic (exact) mass is 338 g/mol. The van der Waals surface area contributed by atoms with E-state index in [2.05, 4.69) is 15.3 Å². The lowest BCUT2D eigenvalue weighted by atomic mass is 10.0. The number of ether oxygens (including phenoxy) is 1. The molecule has 126 valence electrons. The van der Waals surface area contributed by atoms with Crippen molar-refractivity contribution in [3.63, 3.8) is 0 Å². The normalized spacial score (nSPS) is 22.1. The SMILES string of the molecule is CC(C)(C)OC(=O)N1CCNCC1c1ncnc(Cl)c1C1CC1. The number of piperazine rings is 1. The second kappa shape index (κ2) is 6.24. The topological polar surface area (TPSA) is 67.3 Å². The van der Waals surface area contributed by atoms with Crippen LogP contribution in [0.4, 0.5) is 4.79 Å². The van der Waals surface area contributed by atoms with E-state index in [1.807, 2.05) is 20.8 Å². The molecule has 2 heterocycles. The lowest BCUT2D eigenvalue weighted by Gasteiger charge is -2.37. The molecule has 1 atom stereocenters. The summed E-state index contributed by atoms with van der Waals surface area (Å²) in [5.41, 5.74) is 1.33. The molecule has 0 bridgehead atoms. The van der Waals surface area contributed by atoms with Crippen LogP contribution in [-0.2, 0) is 4.74 Å². The fourth-order valence-electron chi connectivity index (χ4n) is 2.89. The summed E-state index contributed by atoms with van der Waals surface area (Å²) in [6.07, 6.45) is 3.38. The summed E-state index contributed by atoms with van der Waals surface area (Å²) in [6, 6.07) is -0.172. The molecule has 6 nitrogen and oxygen atoms in total. The Morgan fingerprint density at radius 2 is 2.13 bits per heavy atom. The lowest BCUT2D eigenvalue weighted by molar-refractivity contribution is 0.0112. The van der Waals surface area contributed by atoms with Crippen LogP contribution in [0, 0.1) is 0 Å². The van der Waals surface area contributed by atoms with Crippen LogP contribution < -0.4 is 5.32 Å². The number of rotatable bonds is 2. The zero-order valence-corrected chi connectivity index (χ0v) is 14.6. The van der Waals surface area contributed by atoms with Gasteiger partial charge in [0.25, 0.3) is 0 Å². The molecule has 2 fully saturated rings. The van der Waals surface area contributed by atoms with Crippen molar-refractivity contribution in [2.45, 2.75) is 51.2 Å². The number of hydrogen-bond donors (Lipinski definition) is 1. The van der Waals surface area contributed by atoms with E-state index in [-0.39, 0.29) is 12.1 Å². The lowest BCUT2D eigenvalue weighted by Crippen LogP contribution is -2.50.